The lowest BCUT2D eigenvalue weighted by Crippen LogP contribution is -2.39. The third kappa shape index (κ3) is 2.77. The van der Waals surface area contributed by atoms with Crippen molar-refractivity contribution in [3.63, 3.8) is 0 Å². The van der Waals surface area contributed by atoms with Crippen LogP contribution in [-0.2, 0) is 11.2 Å². The number of fused-ring (bicyclic) bond motifs is 1. The summed E-state index contributed by atoms with van der Waals surface area (Å²) in [6.07, 6.45) is 12.0. The van der Waals surface area contributed by atoms with Gasteiger partial charge in [-0.1, -0.05) is 18.9 Å². The van der Waals surface area contributed by atoms with E-state index in [1.54, 1.807) is 6.08 Å². The molecule has 0 unspecified atom stereocenters. The second-order valence-electron chi connectivity index (χ2n) is 6.71. The van der Waals surface area contributed by atoms with Crippen LogP contribution in [0.15, 0.2) is 24.3 Å². The minimum atomic E-state index is 0.200. The van der Waals surface area contributed by atoms with Gasteiger partial charge in [-0.2, -0.15) is 0 Å². The molecule has 0 spiro atoms. The monoisotopic (exact) mass is 297 g/mol. The number of amides is 1. The number of nitrogens with zero attached hydrogens (tertiary/aromatic N) is 1. The van der Waals surface area contributed by atoms with E-state index >= 15 is 0 Å². The fraction of sp³-hybridized carbons (Fsp3) is 0.526. The summed E-state index contributed by atoms with van der Waals surface area (Å²) in [6.45, 7) is 0.776. The minimum absolute atomic E-state index is 0.200. The van der Waals surface area contributed by atoms with E-state index in [9.17, 15) is 4.79 Å². The molecule has 0 aromatic heterocycles. The third-order valence-electron chi connectivity index (χ3n) is 5.04. The predicted molar refractivity (Wildman–Crippen MR) is 86.8 cm³/mol. The van der Waals surface area contributed by atoms with E-state index < -0.39 is 0 Å². The Bertz CT molecular complexity index is 597. The number of hydrogen-bond donors (Lipinski definition) is 0. The second kappa shape index (κ2) is 5.79. The molecule has 1 aliphatic heterocycles. The Morgan fingerprint density at radius 1 is 1.14 bits per heavy atom. The zero-order chi connectivity index (χ0) is 14.9. The molecule has 116 valence electrons. The Morgan fingerprint density at radius 3 is 2.68 bits per heavy atom. The summed E-state index contributed by atoms with van der Waals surface area (Å²) >= 11 is 0. The number of rotatable bonds is 4. The highest BCUT2D eigenvalue weighted by atomic mass is 16.5. The van der Waals surface area contributed by atoms with Crippen molar-refractivity contribution in [1.82, 2.24) is 4.90 Å². The molecule has 1 aromatic carbocycles. The Hall–Kier alpha value is -1.77. The maximum atomic E-state index is 12.6. The molecular weight excluding hydrogens is 274 g/mol. The van der Waals surface area contributed by atoms with Crippen LogP contribution in [0.25, 0.3) is 6.08 Å². The first kappa shape index (κ1) is 13.9. The first-order valence-corrected chi connectivity index (χ1v) is 8.57. The van der Waals surface area contributed by atoms with Crippen molar-refractivity contribution in [2.75, 3.05) is 6.61 Å². The first-order chi connectivity index (χ1) is 10.8. The molecule has 0 atom stereocenters. The standard InChI is InChI=1S/C19H23NO2/c21-19(20(17-7-8-17)16-3-1-2-4-16)10-6-14-5-9-18-15(13-14)11-12-22-18/h5-6,9-10,13,16-17H,1-4,7-8,11-12H2/b10-6+. The highest BCUT2D eigenvalue weighted by Crippen LogP contribution is 2.34. The number of carbonyl (C=O) groups is 1. The van der Waals surface area contributed by atoms with Gasteiger partial charge in [-0.3, -0.25) is 4.79 Å². The first-order valence-electron chi connectivity index (χ1n) is 8.57. The minimum Gasteiger partial charge on any atom is -0.493 e. The smallest absolute Gasteiger partial charge is 0.247 e. The maximum absolute atomic E-state index is 12.6. The summed E-state index contributed by atoms with van der Waals surface area (Å²) < 4.78 is 5.53. The van der Waals surface area contributed by atoms with E-state index in [0.29, 0.717) is 12.1 Å². The number of ether oxygens (including phenoxy) is 1. The maximum Gasteiger partial charge on any atom is 0.247 e. The van der Waals surface area contributed by atoms with Crippen molar-refractivity contribution in [2.45, 2.75) is 57.0 Å². The zero-order valence-electron chi connectivity index (χ0n) is 13.0. The Labute approximate surface area is 132 Å². The number of hydrogen-bond acceptors (Lipinski definition) is 2. The van der Waals surface area contributed by atoms with Gasteiger partial charge in [-0.05, 0) is 55.0 Å². The van der Waals surface area contributed by atoms with Gasteiger partial charge < -0.3 is 9.64 Å². The van der Waals surface area contributed by atoms with Crippen LogP contribution in [0.2, 0.25) is 0 Å². The summed E-state index contributed by atoms with van der Waals surface area (Å²) in [5, 5.41) is 0. The molecule has 0 bridgehead atoms. The van der Waals surface area contributed by atoms with Crippen LogP contribution in [0.3, 0.4) is 0 Å². The molecular formula is C19H23NO2. The van der Waals surface area contributed by atoms with E-state index in [1.165, 1.54) is 44.1 Å². The average molecular weight is 297 g/mol. The average Bonchev–Trinajstić information content (AvgIpc) is 3.02. The Balaban J connectivity index is 1.47. The van der Waals surface area contributed by atoms with Gasteiger partial charge in [-0.25, -0.2) is 0 Å². The van der Waals surface area contributed by atoms with E-state index in [4.69, 9.17) is 4.74 Å². The lowest BCUT2D eigenvalue weighted by molar-refractivity contribution is -0.128. The molecule has 2 saturated carbocycles. The fourth-order valence-electron chi connectivity index (χ4n) is 3.76. The van der Waals surface area contributed by atoms with Gasteiger partial charge in [0.15, 0.2) is 0 Å². The molecule has 4 rings (SSSR count). The lowest BCUT2D eigenvalue weighted by atomic mass is 10.1. The highest BCUT2D eigenvalue weighted by molar-refractivity contribution is 5.92. The molecule has 2 aliphatic carbocycles. The van der Waals surface area contributed by atoms with Gasteiger partial charge in [0, 0.05) is 24.6 Å². The molecule has 3 nitrogen and oxygen atoms in total. The molecule has 0 radical (unpaired) electrons. The van der Waals surface area contributed by atoms with Crippen molar-refractivity contribution >= 4 is 12.0 Å². The van der Waals surface area contributed by atoms with Crippen molar-refractivity contribution in [3.8, 4) is 5.75 Å². The molecule has 1 aromatic rings. The van der Waals surface area contributed by atoms with Crippen molar-refractivity contribution in [3.05, 3.63) is 35.4 Å². The van der Waals surface area contributed by atoms with Crippen LogP contribution in [0.5, 0.6) is 5.75 Å². The molecule has 3 aliphatic rings. The van der Waals surface area contributed by atoms with Crippen LogP contribution < -0.4 is 4.74 Å². The van der Waals surface area contributed by atoms with E-state index in [2.05, 4.69) is 11.0 Å². The quantitative estimate of drug-likeness (QED) is 0.795. The molecule has 1 amide bonds. The molecule has 0 saturated heterocycles. The largest absolute Gasteiger partial charge is 0.493 e. The molecule has 22 heavy (non-hydrogen) atoms. The summed E-state index contributed by atoms with van der Waals surface area (Å²) in [5.74, 6) is 1.19. The zero-order valence-corrected chi connectivity index (χ0v) is 13.0. The van der Waals surface area contributed by atoms with Crippen LogP contribution in [0, 0.1) is 0 Å². The third-order valence-corrected chi connectivity index (χ3v) is 5.04. The second-order valence-corrected chi connectivity index (χ2v) is 6.71. The van der Waals surface area contributed by atoms with Crippen LogP contribution >= 0.6 is 0 Å². The number of carbonyl (C=O) groups excluding carboxylic acids is 1. The predicted octanol–water partition coefficient (Wildman–Crippen LogP) is 3.57. The van der Waals surface area contributed by atoms with Gasteiger partial charge in [0.1, 0.15) is 5.75 Å². The van der Waals surface area contributed by atoms with Gasteiger partial charge in [0.25, 0.3) is 0 Å². The van der Waals surface area contributed by atoms with Crippen LogP contribution in [0.4, 0.5) is 0 Å². The van der Waals surface area contributed by atoms with Crippen LogP contribution in [-0.4, -0.2) is 29.5 Å². The molecule has 0 N–H and O–H groups in total. The van der Waals surface area contributed by atoms with Crippen molar-refractivity contribution < 1.29 is 9.53 Å². The van der Waals surface area contributed by atoms with Crippen molar-refractivity contribution in [2.24, 2.45) is 0 Å². The van der Waals surface area contributed by atoms with Gasteiger partial charge in [0.05, 0.1) is 6.61 Å². The lowest BCUT2D eigenvalue weighted by Gasteiger charge is -2.27. The fourth-order valence-corrected chi connectivity index (χ4v) is 3.76. The topological polar surface area (TPSA) is 29.5 Å². The Morgan fingerprint density at radius 2 is 1.91 bits per heavy atom. The SMILES string of the molecule is O=C(/C=C/c1ccc2c(c1)CCO2)N(C1CCCC1)C1CC1. The summed E-state index contributed by atoms with van der Waals surface area (Å²) in [4.78, 5) is 14.8. The highest BCUT2D eigenvalue weighted by Gasteiger charge is 2.37. The molecule has 3 heteroatoms. The number of benzene rings is 1. The van der Waals surface area contributed by atoms with E-state index in [0.717, 1.165) is 24.3 Å². The summed E-state index contributed by atoms with van der Waals surface area (Å²) in [5.41, 5.74) is 2.35. The van der Waals surface area contributed by atoms with E-state index in [-0.39, 0.29) is 5.91 Å². The normalized spacial score (nSPS) is 21.1. The van der Waals surface area contributed by atoms with Gasteiger partial charge in [-0.15, -0.1) is 0 Å². The summed E-state index contributed by atoms with van der Waals surface area (Å²) in [6, 6.07) is 7.18. The summed E-state index contributed by atoms with van der Waals surface area (Å²) in [7, 11) is 0. The molecule has 1 heterocycles. The van der Waals surface area contributed by atoms with Crippen LogP contribution in [0.1, 0.15) is 49.7 Å². The Kier molecular flexibility index (Phi) is 3.65. The van der Waals surface area contributed by atoms with Crippen molar-refractivity contribution in [1.29, 1.82) is 0 Å². The van der Waals surface area contributed by atoms with E-state index in [1.807, 2.05) is 18.2 Å². The van der Waals surface area contributed by atoms with Gasteiger partial charge in [0.2, 0.25) is 5.91 Å². The van der Waals surface area contributed by atoms with Gasteiger partial charge >= 0.3 is 0 Å². The molecule has 2 fully saturated rings.